The van der Waals surface area contributed by atoms with Crippen molar-refractivity contribution in [2.45, 2.75) is 6.92 Å². The summed E-state index contributed by atoms with van der Waals surface area (Å²) in [5, 5.41) is 13.9. The Bertz CT molecular complexity index is 1020. The Labute approximate surface area is 160 Å². The standard InChI is InChI=1S/C20H15ClN2O4/c1-13-2-3-14(12-18(13)21)19-10-8-17(27-19)9-11-20(24)22-15-4-6-16(7-5-15)23(25)26/h2-12H,1H3,(H,22,24). The Balaban J connectivity index is 1.65. The Morgan fingerprint density at radius 2 is 1.89 bits per heavy atom. The van der Waals surface area contributed by atoms with Gasteiger partial charge in [0.1, 0.15) is 11.5 Å². The van der Waals surface area contributed by atoms with E-state index >= 15 is 0 Å². The van der Waals surface area contributed by atoms with E-state index in [-0.39, 0.29) is 11.6 Å². The number of carbonyl (C=O) groups is 1. The third-order valence-electron chi connectivity index (χ3n) is 3.83. The fourth-order valence-electron chi connectivity index (χ4n) is 2.35. The van der Waals surface area contributed by atoms with Gasteiger partial charge in [0.25, 0.3) is 5.69 Å². The lowest BCUT2D eigenvalue weighted by atomic mass is 10.1. The van der Waals surface area contributed by atoms with Crippen molar-refractivity contribution in [1.82, 2.24) is 0 Å². The van der Waals surface area contributed by atoms with E-state index in [9.17, 15) is 14.9 Å². The highest BCUT2D eigenvalue weighted by molar-refractivity contribution is 6.31. The van der Waals surface area contributed by atoms with Gasteiger partial charge in [0.15, 0.2) is 0 Å². The van der Waals surface area contributed by atoms with E-state index in [1.807, 2.05) is 25.1 Å². The van der Waals surface area contributed by atoms with Crippen LogP contribution in [0, 0.1) is 17.0 Å². The lowest BCUT2D eigenvalue weighted by molar-refractivity contribution is -0.384. The van der Waals surface area contributed by atoms with Crippen LogP contribution in [-0.4, -0.2) is 10.8 Å². The second-order valence-electron chi connectivity index (χ2n) is 5.79. The minimum Gasteiger partial charge on any atom is -0.457 e. The number of aryl methyl sites for hydroxylation is 1. The Morgan fingerprint density at radius 3 is 2.56 bits per heavy atom. The number of nitro benzene ring substituents is 1. The van der Waals surface area contributed by atoms with Crippen LogP contribution in [-0.2, 0) is 4.79 Å². The molecule has 0 radical (unpaired) electrons. The average Bonchev–Trinajstić information content (AvgIpc) is 3.12. The minimum atomic E-state index is -0.499. The summed E-state index contributed by atoms with van der Waals surface area (Å²) in [5.74, 6) is 0.785. The number of anilines is 1. The van der Waals surface area contributed by atoms with E-state index in [1.54, 1.807) is 18.2 Å². The maximum atomic E-state index is 12.0. The zero-order chi connectivity index (χ0) is 19.4. The molecular formula is C20H15ClN2O4. The second kappa shape index (κ2) is 7.88. The molecule has 0 bridgehead atoms. The largest absolute Gasteiger partial charge is 0.457 e. The summed E-state index contributed by atoms with van der Waals surface area (Å²) in [6.45, 7) is 1.92. The number of nitrogens with one attached hydrogen (secondary N) is 1. The van der Waals surface area contributed by atoms with Gasteiger partial charge in [-0.25, -0.2) is 0 Å². The molecule has 3 rings (SSSR count). The number of amides is 1. The minimum absolute atomic E-state index is 0.0390. The van der Waals surface area contributed by atoms with Crippen LogP contribution in [0.4, 0.5) is 11.4 Å². The monoisotopic (exact) mass is 382 g/mol. The number of benzene rings is 2. The molecule has 6 nitrogen and oxygen atoms in total. The number of nitro groups is 1. The van der Waals surface area contributed by atoms with Gasteiger partial charge in [-0.1, -0.05) is 23.7 Å². The molecule has 1 aromatic heterocycles. The van der Waals surface area contributed by atoms with E-state index in [0.29, 0.717) is 22.2 Å². The number of non-ortho nitro benzene ring substituents is 1. The van der Waals surface area contributed by atoms with Crippen molar-refractivity contribution in [3.63, 3.8) is 0 Å². The smallest absolute Gasteiger partial charge is 0.269 e. The quantitative estimate of drug-likeness (QED) is 0.360. The molecule has 0 unspecified atom stereocenters. The van der Waals surface area contributed by atoms with Crippen molar-refractivity contribution in [3.05, 3.63) is 87.1 Å². The van der Waals surface area contributed by atoms with E-state index < -0.39 is 4.92 Å². The highest BCUT2D eigenvalue weighted by Crippen LogP contribution is 2.27. The molecule has 7 heteroatoms. The van der Waals surface area contributed by atoms with Gasteiger partial charge < -0.3 is 9.73 Å². The SMILES string of the molecule is Cc1ccc(-c2ccc(C=CC(=O)Nc3ccc([N+](=O)[O-])cc3)o2)cc1Cl. The number of rotatable bonds is 5. The van der Waals surface area contributed by atoms with Crippen LogP contribution in [0.5, 0.6) is 0 Å². The second-order valence-corrected chi connectivity index (χ2v) is 6.20. The van der Waals surface area contributed by atoms with E-state index in [4.69, 9.17) is 16.0 Å². The number of hydrogen-bond acceptors (Lipinski definition) is 4. The lowest BCUT2D eigenvalue weighted by Gasteiger charge is -2.01. The van der Waals surface area contributed by atoms with Crippen LogP contribution in [0.15, 0.2) is 65.1 Å². The first-order chi connectivity index (χ1) is 12.9. The number of carbonyl (C=O) groups excluding carboxylic acids is 1. The fourth-order valence-corrected chi connectivity index (χ4v) is 2.53. The fraction of sp³-hybridized carbons (Fsp3) is 0.0500. The van der Waals surface area contributed by atoms with Crippen LogP contribution in [0.1, 0.15) is 11.3 Å². The molecule has 0 aliphatic rings. The summed E-state index contributed by atoms with van der Waals surface area (Å²) < 4.78 is 5.71. The Kier molecular flexibility index (Phi) is 5.38. The third-order valence-corrected chi connectivity index (χ3v) is 4.23. The van der Waals surface area contributed by atoms with Gasteiger partial charge in [-0.15, -0.1) is 0 Å². The predicted octanol–water partition coefficient (Wildman–Crippen LogP) is 5.47. The van der Waals surface area contributed by atoms with Gasteiger partial charge in [0, 0.05) is 34.5 Å². The number of halogens is 1. The normalized spacial score (nSPS) is 10.9. The first kappa shape index (κ1) is 18.4. The molecule has 136 valence electrons. The summed E-state index contributed by atoms with van der Waals surface area (Å²) >= 11 is 6.13. The highest BCUT2D eigenvalue weighted by Gasteiger charge is 2.07. The summed E-state index contributed by atoms with van der Waals surface area (Å²) in [6.07, 6.45) is 2.87. The maximum Gasteiger partial charge on any atom is 0.269 e. The van der Waals surface area contributed by atoms with Crippen LogP contribution < -0.4 is 5.32 Å². The molecule has 0 saturated carbocycles. The Morgan fingerprint density at radius 1 is 1.15 bits per heavy atom. The average molecular weight is 383 g/mol. The van der Waals surface area contributed by atoms with Gasteiger partial charge in [0.2, 0.25) is 5.91 Å². The molecule has 0 aliphatic heterocycles. The van der Waals surface area contributed by atoms with Crippen LogP contribution in [0.25, 0.3) is 17.4 Å². The number of nitrogens with zero attached hydrogens (tertiary/aromatic N) is 1. The molecule has 0 saturated heterocycles. The number of hydrogen-bond donors (Lipinski definition) is 1. The van der Waals surface area contributed by atoms with Gasteiger partial charge in [-0.05, 0) is 48.9 Å². The van der Waals surface area contributed by atoms with Crippen molar-refractivity contribution >= 4 is 35.0 Å². The van der Waals surface area contributed by atoms with E-state index in [2.05, 4.69) is 5.32 Å². The van der Waals surface area contributed by atoms with Crippen molar-refractivity contribution in [3.8, 4) is 11.3 Å². The van der Waals surface area contributed by atoms with Gasteiger partial charge in [-0.2, -0.15) is 0 Å². The molecular weight excluding hydrogens is 368 g/mol. The van der Waals surface area contributed by atoms with E-state index in [1.165, 1.54) is 30.3 Å². The molecule has 1 N–H and O–H groups in total. The van der Waals surface area contributed by atoms with Gasteiger partial charge >= 0.3 is 0 Å². The van der Waals surface area contributed by atoms with Crippen LogP contribution in [0.2, 0.25) is 5.02 Å². The summed E-state index contributed by atoms with van der Waals surface area (Å²) in [7, 11) is 0. The molecule has 1 amide bonds. The highest BCUT2D eigenvalue weighted by atomic mass is 35.5. The van der Waals surface area contributed by atoms with Crippen LogP contribution >= 0.6 is 11.6 Å². The zero-order valence-corrected chi connectivity index (χ0v) is 15.1. The molecule has 0 atom stereocenters. The zero-order valence-electron chi connectivity index (χ0n) is 14.3. The van der Waals surface area contributed by atoms with Crippen LogP contribution in [0.3, 0.4) is 0 Å². The molecule has 0 spiro atoms. The van der Waals surface area contributed by atoms with Crippen molar-refractivity contribution in [1.29, 1.82) is 0 Å². The van der Waals surface area contributed by atoms with Crippen molar-refractivity contribution in [2.24, 2.45) is 0 Å². The van der Waals surface area contributed by atoms with Crippen molar-refractivity contribution in [2.75, 3.05) is 5.32 Å². The third kappa shape index (κ3) is 4.62. The van der Waals surface area contributed by atoms with E-state index in [0.717, 1.165) is 11.1 Å². The van der Waals surface area contributed by atoms with Gasteiger partial charge in [0.05, 0.1) is 4.92 Å². The van der Waals surface area contributed by atoms with Crippen molar-refractivity contribution < 1.29 is 14.1 Å². The number of furan rings is 1. The molecule has 2 aromatic carbocycles. The topological polar surface area (TPSA) is 85.4 Å². The molecule has 3 aromatic rings. The molecule has 0 aliphatic carbocycles. The first-order valence-electron chi connectivity index (χ1n) is 8.02. The summed E-state index contributed by atoms with van der Waals surface area (Å²) in [5.41, 5.74) is 2.25. The Hall–Kier alpha value is -3.38. The first-order valence-corrected chi connectivity index (χ1v) is 8.40. The summed E-state index contributed by atoms with van der Waals surface area (Å²) in [4.78, 5) is 22.1. The molecule has 1 heterocycles. The molecule has 0 fully saturated rings. The predicted molar refractivity (Wildman–Crippen MR) is 105 cm³/mol. The van der Waals surface area contributed by atoms with Gasteiger partial charge in [-0.3, -0.25) is 14.9 Å². The molecule has 27 heavy (non-hydrogen) atoms. The maximum absolute atomic E-state index is 12.0. The summed E-state index contributed by atoms with van der Waals surface area (Å²) in [6, 6.07) is 14.8. The lowest BCUT2D eigenvalue weighted by Crippen LogP contribution is -2.07.